The standard InChI is InChI=1S/C17H18N2O4S/c1-3-21-14-7-5-4-6-13(14)16(20)18-17-19(10-12(2)24-17)11-15-22-8-9-23-15/h4-10,15H,3,11H2,1-2H3. The first-order valence-corrected chi connectivity index (χ1v) is 8.42. The molecule has 1 aromatic carbocycles. The average molecular weight is 346 g/mol. The van der Waals surface area contributed by atoms with E-state index < -0.39 is 6.29 Å². The van der Waals surface area contributed by atoms with Crippen LogP contribution in [-0.4, -0.2) is 23.4 Å². The molecular formula is C17H18N2O4S. The van der Waals surface area contributed by atoms with E-state index in [0.29, 0.717) is 29.3 Å². The molecule has 24 heavy (non-hydrogen) atoms. The topological polar surface area (TPSA) is 62.0 Å². The second-order valence-electron chi connectivity index (χ2n) is 5.10. The lowest BCUT2D eigenvalue weighted by Crippen LogP contribution is -2.24. The molecule has 126 valence electrons. The minimum absolute atomic E-state index is 0.332. The molecule has 0 fully saturated rings. The first-order valence-electron chi connectivity index (χ1n) is 7.61. The number of hydrogen-bond acceptors (Lipinski definition) is 5. The number of carbonyl (C=O) groups is 1. The number of benzene rings is 1. The highest BCUT2D eigenvalue weighted by Gasteiger charge is 2.16. The number of carbonyl (C=O) groups excluding carboxylic acids is 1. The van der Waals surface area contributed by atoms with Gasteiger partial charge in [0.25, 0.3) is 12.2 Å². The smallest absolute Gasteiger partial charge is 0.283 e. The lowest BCUT2D eigenvalue weighted by atomic mass is 10.2. The first kappa shape index (κ1) is 16.3. The Morgan fingerprint density at radius 2 is 2.08 bits per heavy atom. The molecule has 0 bridgehead atoms. The van der Waals surface area contributed by atoms with Crippen LogP contribution in [0.3, 0.4) is 0 Å². The lowest BCUT2D eigenvalue weighted by Gasteiger charge is -2.10. The van der Waals surface area contributed by atoms with Crippen LogP contribution in [-0.2, 0) is 16.0 Å². The van der Waals surface area contributed by atoms with Gasteiger partial charge in [-0.15, -0.1) is 11.3 Å². The summed E-state index contributed by atoms with van der Waals surface area (Å²) in [5.74, 6) is 0.210. The molecule has 1 aliphatic rings. The summed E-state index contributed by atoms with van der Waals surface area (Å²) >= 11 is 1.44. The third-order valence-corrected chi connectivity index (χ3v) is 4.25. The summed E-state index contributed by atoms with van der Waals surface area (Å²) in [6.07, 6.45) is 4.54. The van der Waals surface area contributed by atoms with Gasteiger partial charge in [0.15, 0.2) is 4.80 Å². The van der Waals surface area contributed by atoms with Gasteiger partial charge in [0.1, 0.15) is 18.3 Å². The van der Waals surface area contributed by atoms with Gasteiger partial charge in [-0.05, 0) is 26.0 Å². The maximum atomic E-state index is 12.6. The number of rotatable bonds is 5. The molecule has 0 saturated carbocycles. The number of aryl methyl sites for hydroxylation is 1. The van der Waals surface area contributed by atoms with E-state index in [-0.39, 0.29) is 5.91 Å². The van der Waals surface area contributed by atoms with Crippen molar-refractivity contribution in [3.63, 3.8) is 0 Å². The predicted octanol–water partition coefficient (Wildman–Crippen LogP) is 2.84. The molecule has 0 unspecified atom stereocenters. The third kappa shape index (κ3) is 3.68. The Bertz CT molecular complexity index is 814. The molecule has 0 spiro atoms. The van der Waals surface area contributed by atoms with E-state index in [2.05, 4.69) is 4.99 Å². The summed E-state index contributed by atoms with van der Waals surface area (Å²) in [5, 5.41) is 0. The monoisotopic (exact) mass is 346 g/mol. The van der Waals surface area contributed by atoms with Crippen LogP contribution in [0.1, 0.15) is 22.2 Å². The van der Waals surface area contributed by atoms with Crippen LogP contribution >= 0.6 is 11.3 Å². The molecule has 2 aromatic rings. The zero-order valence-electron chi connectivity index (χ0n) is 13.5. The van der Waals surface area contributed by atoms with Crippen molar-refractivity contribution in [2.24, 2.45) is 4.99 Å². The Hall–Kier alpha value is -2.54. The summed E-state index contributed by atoms with van der Waals surface area (Å²) in [4.78, 5) is 18.5. The highest BCUT2D eigenvalue weighted by Crippen LogP contribution is 2.19. The quantitative estimate of drug-likeness (QED) is 0.835. The third-order valence-electron chi connectivity index (χ3n) is 3.31. The van der Waals surface area contributed by atoms with Gasteiger partial charge >= 0.3 is 0 Å². The zero-order valence-corrected chi connectivity index (χ0v) is 14.3. The van der Waals surface area contributed by atoms with Crippen LogP contribution in [0.15, 0.2) is 48.0 Å². The highest BCUT2D eigenvalue weighted by atomic mass is 32.1. The largest absolute Gasteiger partial charge is 0.493 e. The van der Waals surface area contributed by atoms with Crippen LogP contribution < -0.4 is 9.54 Å². The Morgan fingerprint density at radius 3 is 2.83 bits per heavy atom. The second-order valence-corrected chi connectivity index (χ2v) is 6.31. The number of aromatic nitrogens is 1. The molecule has 6 nitrogen and oxygen atoms in total. The summed E-state index contributed by atoms with van der Waals surface area (Å²) in [5.41, 5.74) is 0.451. The van der Waals surface area contributed by atoms with Crippen molar-refractivity contribution in [2.45, 2.75) is 26.7 Å². The average Bonchev–Trinajstić information content (AvgIpc) is 3.19. The van der Waals surface area contributed by atoms with Crippen LogP contribution in [0.4, 0.5) is 0 Å². The van der Waals surface area contributed by atoms with E-state index >= 15 is 0 Å². The first-order chi connectivity index (χ1) is 11.7. The fourth-order valence-corrected chi connectivity index (χ4v) is 3.15. The maximum Gasteiger partial charge on any atom is 0.283 e. The van der Waals surface area contributed by atoms with E-state index in [1.54, 1.807) is 18.2 Å². The molecule has 0 N–H and O–H groups in total. The van der Waals surface area contributed by atoms with Gasteiger partial charge in [-0.1, -0.05) is 12.1 Å². The van der Waals surface area contributed by atoms with Crippen molar-refractivity contribution >= 4 is 17.2 Å². The van der Waals surface area contributed by atoms with Crippen LogP contribution in [0.2, 0.25) is 0 Å². The second kappa shape index (κ2) is 7.35. The van der Waals surface area contributed by atoms with Crippen molar-refractivity contribution in [1.82, 2.24) is 4.57 Å². The van der Waals surface area contributed by atoms with Gasteiger partial charge in [-0.2, -0.15) is 4.99 Å². The predicted molar refractivity (Wildman–Crippen MR) is 89.6 cm³/mol. The van der Waals surface area contributed by atoms with E-state index in [1.165, 1.54) is 23.9 Å². The summed E-state index contributed by atoms with van der Waals surface area (Å²) in [6.45, 7) is 4.79. The molecule has 1 aromatic heterocycles. The Kier molecular flexibility index (Phi) is 5.00. The summed E-state index contributed by atoms with van der Waals surface area (Å²) in [6, 6.07) is 7.12. The van der Waals surface area contributed by atoms with E-state index in [1.807, 2.05) is 30.7 Å². The summed E-state index contributed by atoms with van der Waals surface area (Å²) in [7, 11) is 0. The van der Waals surface area contributed by atoms with Crippen LogP contribution in [0.5, 0.6) is 5.75 Å². The molecule has 1 amide bonds. The van der Waals surface area contributed by atoms with Gasteiger partial charge in [0, 0.05) is 11.1 Å². The normalized spacial score (nSPS) is 14.5. The van der Waals surface area contributed by atoms with E-state index in [4.69, 9.17) is 14.2 Å². The Balaban J connectivity index is 1.89. The van der Waals surface area contributed by atoms with E-state index in [9.17, 15) is 4.79 Å². The maximum absolute atomic E-state index is 12.6. The van der Waals surface area contributed by atoms with Crippen molar-refractivity contribution in [2.75, 3.05) is 6.61 Å². The molecule has 0 aliphatic carbocycles. The van der Waals surface area contributed by atoms with Crippen LogP contribution in [0, 0.1) is 6.92 Å². The number of ether oxygens (including phenoxy) is 3. The van der Waals surface area contributed by atoms with Gasteiger partial charge in [0.05, 0.1) is 18.7 Å². The van der Waals surface area contributed by atoms with E-state index in [0.717, 1.165) is 4.88 Å². The highest BCUT2D eigenvalue weighted by molar-refractivity contribution is 7.09. The molecule has 1 aliphatic heterocycles. The minimum atomic E-state index is -0.399. The number of amides is 1. The Labute approximate surface area is 143 Å². The van der Waals surface area contributed by atoms with Crippen molar-refractivity contribution in [3.8, 4) is 5.75 Å². The summed E-state index contributed by atoms with van der Waals surface area (Å²) < 4.78 is 18.0. The number of thiazole rings is 1. The fraction of sp³-hybridized carbons (Fsp3) is 0.294. The van der Waals surface area contributed by atoms with Crippen molar-refractivity contribution in [3.05, 3.63) is 58.2 Å². The lowest BCUT2D eigenvalue weighted by molar-refractivity contribution is -0.0347. The van der Waals surface area contributed by atoms with Crippen molar-refractivity contribution < 1.29 is 19.0 Å². The molecule has 0 atom stereocenters. The van der Waals surface area contributed by atoms with Gasteiger partial charge in [-0.25, -0.2) is 0 Å². The van der Waals surface area contributed by atoms with Crippen LogP contribution in [0.25, 0.3) is 0 Å². The molecule has 0 radical (unpaired) electrons. The number of hydrogen-bond donors (Lipinski definition) is 0. The minimum Gasteiger partial charge on any atom is -0.493 e. The van der Waals surface area contributed by atoms with Crippen molar-refractivity contribution in [1.29, 1.82) is 0 Å². The SMILES string of the molecule is CCOc1ccccc1C(=O)N=c1sc(C)cn1CC1OC=CO1. The molecule has 7 heteroatoms. The zero-order chi connectivity index (χ0) is 16.9. The fourth-order valence-electron chi connectivity index (χ4n) is 2.31. The van der Waals surface area contributed by atoms with Gasteiger partial charge in [-0.3, -0.25) is 4.79 Å². The molecule has 0 saturated heterocycles. The molecular weight excluding hydrogens is 328 g/mol. The Morgan fingerprint density at radius 1 is 1.33 bits per heavy atom. The van der Waals surface area contributed by atoms with Gasteiger partial charge in [0.2, 0.25) is 0 Å². The van der Waals surface area contributed by atoms with Gasteiger partial charge < -0.3 is 18.8 Å². The number of nitrogens with zero attached hydrogens (tertiary/aromatic N) is 2. The number of para-hydroxylation sites is 1. The molecule has 2 heterocycles. The molecule has 3 rings (SSSR count).